The van der Waals surface area contributed by atoms with Crippen molar-refractivity contribution in [3.63, 3.8) is 0 Å². The molecule has 0 heterocycles. The Morgan fingerprint density at radius 1 is 1.27 bits per heavy atom. The lowest BCUT2D eigenvalue weighted by Crippen LogP contribution is -2.42. The molecule has 0 bridgehead atoms. The fourth-order valence-corrected chi connectivity index (χ4v) is 3.17. The Morgan fingerprint density at radius 3 is 2.64 bits per heavy atom. The van der Waals surface area contributed by atoms with Gasteiger partial charge in [-0.05, 0) is 49.8 Å². The third-order valence-corrected chi connectivity index (χ3v) is 4.62. The van der Waals surface area contributed by atoms with Gasteiger partial charge in [-0.2, -0.15) is 0 Å². The number of ether oxygens (including phenoxy) is 1. The summed E-state index contributed by atoms with van der Waals surface area (Å²) in [5.41, 5.74) is 1.20. The number of methoxy groups -OCH3 is 1. The van der Waals surface area contributed by atoms with E-state index in [0.717, 1.165) is 44.4 Å². The van der Waals surface area contributed by atoms with Gasteiger partial charge >= 0.3 is 0 Å². The fraction of sp³-hybridized carbons (Fsp3) is 0.667. The minimum absolute atomic E-state index is 0.147. The van der Waals surface area contributed by atoms with E-state index in [9.17, 15) is 10.2 Å². The van der Waals surface area contributed by atoms with E-state index in [1.807, 2.05) is 19.1 Å². The van der Waals surface area contributed by atoms with Crippen LogP contribution in [0.4, 0.5) is 0 Å². The molecule has 0 amide bonds. The lowest BCUT2D eigenvalue weighted by Gasteiger charge is -2.37. The lowest BCUT2D eigenvalue weighted by atomic mass is 9.91. The Bertz CT molecular complexity index is 444. The van der Waals surface area contributed by atoms with Gasteiger partial charge in [0.15, 0.2) is 0 Å². The van der Waals surface area contributed by atoms with Crippen LogP contribution >= 0.6 is 0 Å². The smallest absolute Gasteiger partial charge is 0.119 e. The SMILES string of the molecule is CCC(O)CN(Cc1cccc(OC)c1)C1CCC(O)CC1. The quantitative estimate of drug-likeness (QED) is 0.813. The second kappa shape index (κ2) is 8.51. The Balaban J connectivity index is 2.06. The second-order valence-corrected chi connectivity index (χ2v) is 6.31. The van der Waals surface area contributed by atoms with Crippen molar-refractivity contribution in [1.29, 1.82) is 0 Å². The number of aliphatic hydroxyl groups is 2. The first kappa shape index (κ1) is 17.3. The first-order valence-electron chi connectivity index (χ1n) is 8.35. The zero-order chi connectivity index (χ0) is 15.9. The van der Waals surface area contributed by atoms with Crippen LogP contribution < -0.4 is 4.74 Å². The highest BCUT2D eigenvalue weighted by molar-refractivity contribution is 5.28. The molecular formula is C18H29NO3. The van der Waals surface area contributed by atoms with E-state index in [0.29, 0.717) is 12.6 Å². The van der Waals surface area contributed by atoms with Crippen LogP contribution in [0.15, 0.2) is 24.3 Å². The van der Waals surface area contributed by atoms with Crippen molar-refractivity contribution in [2.24, 2.45) is 0 Å². The summed E-state index contributed by atoms with van der Waals surface area (Å²) in [4.78, 5) is 2.37. The maximum Gasteiger partial charge on any atom is 0.119 e. The van der Waals surface area contributed by atoms with Crippen LogP contribution in [-0.4, -0.2) is 47.0 Å². The van der Waals surface area contributed by atoms with E-state index in [2.05, 4.69) is 17.0 Å². The van der Waals surface area contributed by atoms with Gasteiger partial charge in [-0.3, -0.25) is 4.90 Å². The van der Waals surface area contributed by atoms with E-state index in [1.54, 1.807) is 7.11 Å². The highest BCUT2D eigenvalue weighted by Crippen LogP contribution is 2.25. The molecule has 1 fully saturated rings. The van der Waals surface area contributed by atoms with Crippen LogP contribution in [0, 0.1) is 0 Å². The van der Waals surface area contributed by atoms with Gasteiger partial charge in [0.05, 0.1) is 19.3 Å². The highest BCUT2D eigenvalue weighted by atomic mass is 16.5. The number of hydrogen-bond acceptors (Lipinski definition) is 4. The van der Waals surface area contributed by atoms with Crippen molar-refractivity contribution in [3.8, 4) is 5.75 Å². The molecule has 0 spiro atoms. The lowest BCUT2D eigenvalue weighted by molar-refractivity contribution is 0.0383. The molecule has 2 N–H and O–H groups in total. The average molecular weight is 307 g/mol. The average Bonchev–Trinajstić information content (AvgIpc) is 2.55. The van der Waals surface area contributed by atoms with E-state index in [1.165, 1.54) is 5.56 Å². The molecule has 1 aromatic carbocycles. The first-order valence-corrected chi connectivity index (χ1v) is 8.35. The van der Waals surface area contributed by atoms with Gasteiger partial charge < -0.3 is 14.9 Å². The van der Waals surface area contributed by atoms with Crippen molar-refractivity contribution < 1.29 is 14.9 Å². The van der Waals surface area contributed by atoms with E-state index >= 15 is 0 Å². The molecule has 0 radical (unpaired) electrons. The van der Waals surface area contributed by atoms with Gasteiger partial charge in [-0.15, -0.1) is 0 Å². The molecule has 1 unspecified atom stereocenters. The summed E-state index contributed by atoms with van der Waals surface area (Å²) in [6, 6.07) is 8.56. The summed E-state index contributed by atoms with van der Waals surface area (Å²) in [6.45, 7) is 3.52. The Morgan fingerprint density at radius 2 is 2.00 bits per heavy atom. The molecule has 0 aliphatic heterocycles. The molecule has 1 atom stereocenters. The molecule has 1 aromatic rings. The molecule has 0 saturated heterocycles. The summed E-state index contributed by atoms with van der Waals surface area (Å²) < 4.78 is 5.30. The maximum absolute atomic E-state index is 10.1. The Hall–Kier alpha value is -1.10. The van der Waals surface area contributed by atoms with Crippen LogP contribution in [-0.2, 0) is 6.54 Å². The summed E-state index contributed by atoms with van der Waals surface area (Å²) in [5.74, 6) is 0.868. The predicted octanol–water partition coefficient (Wildman–Crippen LogP) is 2.57. The summed E-state index contributed by atoms with van der Waals surface area (Å²) in [5, 5.41) is 19.8. The molecule has 124 valence electrons. The van der Waals surface area contributed by atoms with Gasteiger partial charge in [-0.1, -0.05) is 19.1 Å². The highest BCUT2D eigenvalue weighted by Gasteiger charge is 2.26. The molecule has 1 aliphatic carbocycles. The standard InChI is InChI=1S/C18H29NO3/c1-3-16(20)13-19(15-7-9-17(21)10-8-15)12-14-5-4-6-18(11-14)22-2/h4-6,11,15-17,20-21H,3,7-10,12-13H2,1-2H3. The summed E-state index contributed by atoms with van der Waals surface area (Å²) in [6.07, 6.45) is 4.05. The third kappa shape index (κ3) is 4.97. The summed E-state index contributed by atoms with van der Waals surface area (Å²) in [7, 11) is 1.68. The summed E-state index contributed by atoms with van der Waals surface area (Å²) >= 11 is 0. The molecule has 1 saturated carbocycles. The second-order valence-electron chi connectivity index (χ2n) is 6.31. The zero-order valence-corrected chi connectivity index (χ0v) is 13.7. The number of aliphatic hydroxyl groups excluding tert-OH is 2. The van der Waals surface area contributed by atoms with Crippen molar-refractivity contribution in [1.82, 2.24) is 4.90 Å². The molecule has 2 rings (SSSR count). The fourth-order valence-electron chi connectivity index (χ4n) is 3.17. The minimum atomic E-state index is -0.294. The van der Waals surface area contributed by atoms with Gasteiger partial charge in [0.1, 0.15) is 5.75 Å². The Kier molecular flexibility index (Phi) is 6.68. The molecular weight excluding hydrogens is 278 g/mol. The number of hydrogen-bond donors (Lipinski definition) is 2. The first-order chi connectivity index (χ1) is 10.6. The van der Waals surface area contributed by atoms with Crippen LogP contribution in [0.5, 0.6) is 5.75 Å². The van der Waals surface area contributed by atoms with E-state index < -0.39 is 0 Å². The topological polar surface area (TPSA) is 52.9 Å². The normalized spacial score (nSPS) is 23.5. The monoisotopic (exact) mass is 307 g/mol. The van der Waals surface area contributed by atoms with Gasteiger partial charge in [0.2, 0.25) is 0 Å². The Labute approximate surface area is 133 Å². The van der Waals surface area contributed by atoms with E-state index in [4.69, 9.17) is 4.74 Å². The molecule has 0 aromatic heterocycles. The van der Waals surface area contributed by atoms with Crippen LogP contribution in [0.2, 0.25) is 0 Å². The van der Waals surface area contributed by atoms with Crippen LogP contribution in [0.25, 0.3) is 0 Å². The predicted molar refractivity (Wildman–Crippen MR) is 88.0 cm³/mol. The number of nitrogens with zero attached hydrogens (tertiary/aromatic N) is 1. The van der Waals surface area contributed by atoms with Crippen LogP contribution in [0.1, 0.15) is 44.6 Å². The van der Waals surface area contributed by atoms with Gasteiger partial charge in [0, 0.05) is 19.1 Å². The zero-order valence-electron chi connectivity index (χ0n) is 13.7. The molecule has 4 heteroatoms. The van der Waals surface area contributed by atoms with Crippen molar-refractivity contribution in [2.45, 2.75) is 63.8 Å². The number of benzene rings is 1. The van der Waals surface area contributed by atoms with E-state index in [-0.39, 0.29) is 12.2 Å². The van der Waals surface area contributed by atoms with Gasteiger partial charge in [-0.25, -0.2) is 0 Å². The maximum atomic E-state index is 10.1. The van der Waals surface area contributed by atoms with Crippen molar-refractivity contribution in [2.75, 3.05) is 13.7 Å². The van der Waals surface area contributed by atoms with Gasteiger partial charge in [0.25, 0.3) is 0 Å². The molecule has 22 heavy (non-hydrogen) atoms. The molecule has 1 aliphatic rings. The minimum Gasteiger partial charge on any atom is -0.497 e. The third-order valence-electron chi connectivity index (χ3n) is 4.62. The number of rotatable bonds is 7. The van der Waals surface area contributed by atoms with Crippen molar-refractivity contribution >= 4 is 0 Å². The largest absolute Gasteiger partial charge is 0.497 e. The van der Waals surface area contributed by atoms with Crippen LogP contribution in [0.3, 0.4) is 0 Å². The molecule has 4 nitrogen and oxygen atoms in total. The van der Waals surface area contributed by atoms with Crippen molar-refractivity contribution in [3.05, 3.63) is 29.8 Å².